The maximum atomic E-state index is 15.1. The number of allylic oxidation sites excluding steroid dienone is 12. The molecule has 2 aliphatic rings. The second-order valence-electron chi connectivity index (χ2n) is 8.14. The van der Waals surface area contributed by atoms with Gasteiger partial charge in [-0.1, -0.05) is 68.9 Å². The minimum Gasteiger partial charge on any atom is -0.207 e. The molecule has 1 fully saturated rings. The smallest absolute Gasteiger partial charge is 0.126 e. The van der Waals surface area contributed by atoms with E-state index in [1.54, 1.807) is 6.08 Å². The first kappa shape index (κ1) is 20.7. The normalized spacial score (nSPS) is 33.0. The molecule has 3 unspecified atom stereocenters. The second kappa shape index (κ2) is 8.37. The Kier molecular flexibility index (Phi) is 6.66. The van der Waals surface area contributed by atoms with Crippen molar-refractivity contribution in [3.63, 3.8) is 0 Å². The molecule has 0 spiro atoms. The van der Waals surface area contributed by atoms with Gasteiger partial charge in [0.2, 0.25) is 0 Å². The molecule has 0 nitrogen and oxygen atoms in total. The maximum absolute atomic E-state index is 15.1. The summed E-state index contributed by atoms with van der Waals surface area (Å²) in [6.45, 7) is 12.8. The minimum absolute atomic E-state index is 0.0131. The summed E-state index contributed by atoms with van der Waals surface area (Å²) in [5, 5.41) is 0. The number of hydrogen-bond acceptors (Lipinski definition) is 0. The zero-order valence-corrected chi connectivity index (χ0v) is 17.4. The van der Waals surface area contributed by atoms with E-state index in [0.717, 1.165) is 42.4 Å². The molecule has 1 saturated carbocycles. The van der Waals surface area contributed by atoms with Crippen LogP contribution in [0.4, 0.5) is 4.39 Å². The Balaban J connectivity index is 2.51. The molecule has 0 heterocycles. The Morgan fingerprint density at radius 2 is 1.92 bits per heavy atom. The van der Waals surface area contributed by atoms with Crippen molar-refractivity contribution in [3.8, 4) is 0 Å². The first-order valence-corrected chi connectivity index (χ1v) is 10.1. The Labute approximate surface area is 160 Å². The van der Waals surface area contributed by atoms with Crippen LogP contribution in [0.1, 0.15) is 67.2 Å². The highest BCUT2D eigenvalue weighted by atomic mass is 19.1. The van der Waals surface area contributed by atoms with Crippen molar-refractivity contribution in [2.24, 2.45) is 16.7 Å². The minimum atomic E-state index is -0.0463. The summed E-state index contributed by atoms with van der Waals surface area (Å²) in [6.07, 6.45) is 21.2. The fourth-order valence-electron chi connectivity index (χ4n) is 4.62. The molecule has 1 heteroatoms. The molecule has 0 radical (unpaired) electrons. The lowest BCUT2D eigenvalue weighted by Gasteiger charge is -2.34. The maximum Gasteiger partial charge on any atom is 0.126 e. The molecule has 0 bridgehead atoms. The van der Waals surface area contributed by atoms with Gasteiger partial charge in [-0.3, -0.25) is 0 Å². The quantitative estimate of drug-likeness (QED) is 0.320. The molecule has 0 aliphatic heterocycles. The van der Waals surface area contributed by atoms with Crippen LogP contribution in [0.5, 0.6) is 0 Å². The number of halogens is 1. The predicted octanol–water partition coefficient (Wildman–Crippen LogP) is 8.03. The summed E-state index contributed by atoms with van der Waals surface area (Å²) in [5.74, 6) is 0.150. The third-order valence-corrected chi connectivity index (χ3v) is 6.05. The molecule has 0 amide bonds. The van der Waals surface area contributed by atoms with Crippen molar-refractivity contribution >= 4 is 0 Å². The highest BCUT2D eigenvalue weighted by Crippen LogP contribution is 2.72. The zero-order valence-electron chi connectivity index (χ0n) is 17.4. The Morgan fingerprint density at radius 3 is 2.54 bits per heavy atom. The summed E-state index contributed by atoms with van der Waals surface area (Å²) in [4.78, 5) is 0. The molecular formula is C25H35F. The zero-order chi connectivity index (χ0) is 19.4. The molecule has 0 aromatic rings. The first-order valence-electron chi connectivity index (χ1n) is 10.1. The van der Waals surface area contributed by atoms with Crippen LogP contribution in [-0.4, -0.2) is 0 Å². The van der Waals surface area contributed by atoms with Crippen LogP contribution in [0.25, 0.3) is 0 Å². The summed E-state index contributed by atoms with van der Waals surface area (Å²) >= 11 is 0. The monoisotopic (exact) mass is 354 g/mol. The molecule has 0 aromatic carbocycles. The largest absolute Gasteiger partial charge is 0.207 e. The van der Waals surface area contributed by atoms with Crippen molar-refractivity contribution in [3.05, 3.63) is 71.2 Å². The highest BCUT2D eigenvalue weighted by Gasteiger charge is 2.65. The van der Waals surface area contributed by atoms with Gasteiger partial charge in [0.1, 0.15) is 5.83 Å². The third kappa shape index (κ3) is 3.87. The van der Waals surface area contributed by atoms with Crippen molar-refractivity contribution < 1.29 is 4.39 Å². The lowest BCUT2D eigenvalue weighted by Crippen LogP contribution is -2.25. The number of rotatable bonds is 7. The molecule has 0 aromatic heterocycles. The van der Waals surface area contributed by atoms with Crippen LogP contribution < -0.4 is 0 Å². The van der Waals surface area contributed by atoms with Gasteiger partial charge >= 0.3 is 0 Å². The van der Waals surface area contributed by atoms with E-state index in [1.807, 2.05) is 0 Å². The molecule has 142 valence electrons. The van der Waals surface area contributed by atoms with Crippen molar-refractivity contribution in [1.29, 1.82) is 0 Å². The van der Waals surface area contributed by atoms with Crippen molar-refractivity contribution in [2.75, 3.05) is 0 Å². The van der Waals surface area contributed by atoms with Gasteiger partial charge in [0.15, 0.2) is 0 Å². The molecule has 0 saturated heterocycles. The van der Waals surface area contributed by atoms with Crippen LogP contribution in [0.2, 0.25) is 0 Å². The molecule has 2 aliphatic carbocycles. The van der Waals surface area contributed by atoms with E-state index in [1.165, 1.54) is 0 Å². The van der Waals surface area contributed by atoms with Gasteiger partial charge in [-0.05, 0) is 69.1 Å². The van der Waals surface area contributed by atoms with E-state index in [4.69, 9.17) is 0 Å². The average molecular weight is 355 g/mol. The number of hydrogen-bond donors (Lipinski definition) is 0. The van der Waals surface area contributed by atoms with E-state index in [0.29, 0.717) is 0 Å². The fraction of sp³-hybridized carbons (Fsp3) is 0.520. The van der Waals surface area contributed by atoms with E-state index in [9.17, 15) is 0 Å². The summed E-state index contributed by atoms with van der Waals surface area (Å²) < 4.78 is 15.1. The molecule has 0 N–H and O–H groups in total. The van der Waals surface area contributed by atoms with Crippen LogP contribution in [0.15, 0.2) is 71.2 Å². The molecule has 2 rings (SSSR count). The van der Waals surface area contributed by atoms with E-state index in [2.05, 4.69) is 84.1 Å². The van der Waals surface area contributed by atoms with Gasteiger partial charge in [-0.15, -0.1) is 0 Å². The van der Waals surface area contributed by atoms with Crippen LogP contribution in [0, 0.1) is 16.7 Å². The highest BCUT2D eigenvalue weighted by molar-refractivity contribution is 5.48. The Morgan fingerprint density at radius 1 is 1.23 bits per heavy atom. The van der Waals surface area contributed by atoms with Gasteiger partial charge in [-0.2, -0.15) is 0 Å². The second-order valence-corrected chi connectivity index (χ2v) is 8.14. The van der Waals surface area contributed by atoms with Gasteiger partial charge in [0.25, 0.3) is 0 Å². The molecular weight excluding hydrogens is 319 g/mol. The van der Waals surface area contributed by atoms with Crippen LogP contribution in [-0.2, 0) is 0 Å². The van der Waals surface area contributed by atoms with Gasteiger partial charge in [0.05, 0.1) is 0 Å². The topological polar surface area (TPSA) is 0 Å². The Hall–Kier alpha value is -1.63. The van der Waals surface area contributed by atoms with Crippen LogP contribution >= 0.6 is 0 Å². The average Bonchev–Trinajstić information content (AvgIpc) is 3.18. The summed E-state index contributed by atoms with van der Waals surface area (Å²) in [5.41, 5.74) is 3.23. The molecule has 3 atom stereocenters. The fourth-order valence-corrected chi connectivity index (χ4v) is 4.62. The SMILES string of the molecule is CC=CC1(C2CC(C)=CC(F)=C2/C(C)=C/C=C\CC)CC1(C)C=CCC. The third-order valence-electron chi connectivity index (χ3n) is 6.05. The van der Waals surface area contributed by atoms with E-state index < -0.39 is 0 Å². The first-order chi connectivity index (χ1) is 12.3. The lowest BCUT2D eigenvalue weighted by molar-refractivity contribution is 0.354. The van der Waals surface area contributed by atoms with Gasteiger partial charge in [0, 0.05) is 11.3 Å². The predicted molar refractivity (Wildman–Crippen MR) is 113 cm³/mol. The summed E-state index contributed by atoms with van der Waals surface area (Å²) in [6, 6.07) is 0. The van der Waals surface area contributed by atoms with Gasteiger partial charge < -0.3 is 0 Å². The Bertz CT molecular complexity index is 698. The van der Waals surface area contributed by atoms with Crippen molar-refractivity contribution in [1.82, 2.24) is 0 Å². The van der Waals surface area contributed by atoms with Crippen LogP contribution in [0.3, 0.4) is 0 Å². The molecule has 26 heavy (non-hydrogen) atoms. The van der Waals surface area contributed by atoms with E-state index in [-0.39, 0.29) is 22.6 Å². The van der Waals surface area contributed by atoms with Crippen molar-refractivity contribution in [2.45, 2.75) is 67.2 Å². The lowest BCUT2D eigenvalue weighted by atomic mass is 9.70. The standard InChI is InChI=1S/C25H35F/c1-7-10-12-13-20(5)23-21(16-19(4)17-22(23)26)25(14-9-3)18-24(25,6)15-11-8-2/h9-15,17,21H,7-8,16,18H2,1-6H3/b12-10-,14-9?,15-11?,20-13+. The van der Waals surface area contributed by atoms with E-state index >= 15 is 4.39 Å². The van der Waals surface area contributed by atoms with Gasteiger partial charge in [-0.25, -0.2) is 4.39 Å². The summed E-state index contributed by atoms with van der Waals surface area (Å²) in [7, 11) is 0.